The first-order valence-electron chi connectivity index (χ1n) is 9.09. The molecule has 138 valence electrons. The SMILES string of the molecule is CN1CCC(C(=O)NCC(O)c2cccc(Oc3ccccc3)c2)CC1. The molecule has 5 heteroatoms. The second-order valence-electron chi connectivity index (χ2n) is 6.83. The number of hydrogen-bond acceptors (Lipinski definition) is 4. The van der Waals surface area contributed by atoms with Gasteiger partial charge < -0.3 is 20.1 Å². The van der Waals surface area contributed by atoms with Crippen molar-refractivity contribution in [2.75, 3.05) is 26.7 Å². The summed E-state index contributed by atoms with van der Waals surface area (Å²) in [6.45, 7) is 2.10. The maximum absolute atomic E-state index is 12.3. The van der Waals surface area contributed by atoms with E-state index in [1.165, 1.54) is 0 Å². The lowest BCUT2D eigenvalue weighted by molar-refractivity contribution is -0.126. The molecule has 26 heavy (non-hydrogen) atoms. The number of hydrogen-bond donors (Lipinski definition) is 2. The summed E-state index contributed by atoms with van der Waals surface area (Å²) in [6, 6.07) is 16.8. The zero-order valence-electron chi connectivity index (χ0n) is 15.1. The molecule has 3 rings (SSSR count). The first-order chi connectivity index (χ1) is 12.6. The minimum absolute atomic E-state index is 0.0360. The maximum Gasteiger partial charge on any atom is 0.223 e. The number of benzene rings is 2. The van der Waals surface area contributed by atoms with Gasteiger partial charge in [-0.05, 0) is 62.8 Å². The summed E-state index contributed by atoms with van der Waals surface area (Å²) in [5.41, 5.74) is 0.724. The second-order valence-corrected chi connectivity index (χ2v) is 6.83. The smallest absolute Gasteiger partial charge is 0.223 e. The normalized spacial score (nSPS) is 16.8. The van der Waals surface area contributed by atoms with Crippen molar-refractivity contribution in [3.8, 4) is 11.5 Å². The average molecular weight is 354 g/mol. The van der Waals surface area contributed by atoms with Gasteiger partial charge in [0.1, 0.15) is 11.5 Å². The van der Waals surface area contributed by atoms with Crippen molar-refractivity contribution in [3.05, 3.63) is 60.2 Å². The van der Waals surface area contributed by atoms with Crippen LogP contribution in [0.5, 0.6) is 11.5 Å². The molecule has 0 aliphatic carbocycles. The fourth-order valence-electron chi connectivity index (χ4n) is 3.14. The highest BCUT2D eigenvalue weighted by atomic mass is 16.5. The van der Waals surface area contributed by atoms with Crippen molar-refractivity contribution in [1.29, 1.82) is 0 Å². The van der Waals surface area contributed by atoms with E-state index in [9.17, 15) is 9.90 Å². The fourth-order valence-corrected chi connectivity index (χ4v) is 3.14. The summed E-state index contributed by atoms with van der Waals surface area (Å²) in [5, 5.41) is 13.3. The first kappa shape index (κ1) is 18.4. The van der Waals surface area contributed by atoms with E-state index in [2.05, 4.69) is 17.3 Å². The predicted octanol–water partition coefficient (Wildman–Crippen LogP) is 2.97. The lowest BCUT2D eigenvalue weighted by Crippen LogP contribution is -2.40. The van der Waals surface area contributed by atoms with Crippen LogP contribution in [0.2, 0.25) is 0 Å². The largest absolute Gasteiger partial charge is 0.457 e. The van der Waals surface area contributed by atoms with Crippen LogP contribution >= 0.6 is 0 Å². The van der Waals surface area contributed by atoms with Gasteiger partial charge in [0.25, 0.3) is 0 Å². The number of aliphatic hydroxyl groups is 1. The van der Waals surface area contributed by atoms with Gasteiger partial charge in [-0.3, -0.25) is 4.79 Å². The van der Waals surface area contributed by atoms with Crippen molar-refractivity contribution in [2.24, 2.45) is 5.92 Å². The van der Waals surface area contributed by atoms with Crippen molar-refractivity contribution in [2.45, 2.75) is 18.9 Å². The molecule has 1 aliphatic heterocycles. The van der Waals surface area contributed by atoms with Crippen LogP contribution in [0.4, 0.5) is 0 Å². The Morgan fingerprint density at radius 2 is 1.85 bits per heavy atom. The number of likely N-dealkylation sites (tertiary alicyclic amines) is 1. The van der Waals surface area contributed by atoms with Gasteiger partial charge in [-0.25, -0.2) is 0 Å². The van der Waals surface area contributed by atoms with E-state index in [0.717, 1.165) is 37.2 Å². The Bertz CT molecular complexity index is 712. The molecular formula is C21H26N2O3. The van der Waals surface area contributed by atoms with Crippen LogP contribution in [-0.2, 0) is 4.79 Å². The van der Waals surface area contributed by atoms with Crippen LogP contribution in [0.25, 0.3) is 0 Å². The monoisotopic (exact) mass is 354 g/mol. The standard InChI is InChI=1S/C21H26N2O3/c1-23-12-10-16(11-13-23)21(25)22-15-20(24)17-6-5-9-19(14-17)26-18-7-3-2-4-8-18/h2-9,14,16,20,24H,10-13,15H2,1H3,(H,22,25). The van der Waals surface area contributed by atoms with Crippen molar-refractivity contribution >= 4 is 5.91 Å². The molecule has 2 aromatic rings. The zero-order valence-corrected chi connectivity index (χ0v) is 15.1. The van der Waals surface area contributed by atoms with E-state index in [4.69, 9.17) is 4.74 Å². The molecule has 1 atom stereocenters. The molecule has 1 saturated heterocycles. The molecule has 1 unspecified atom stereocenters. The summed E-state index contributed by atoms with van der Waals surface area (Å²) in [7, 11) is 2.07. The Hall–Kier alpha value is -2.37. The maximum atomic E-state index is 12.3. The number of rotatable bonds is 6. The van der Waals surface area contributed by atoms with Gasteiger partial charge in [-0.2, -0.15) is 0 Å². The number of piperidine rings is 1. The van der Waals surface area contributed by atoms with E-state index in [1.54, 1.807) is 6.07 Å². The molecular weight excluding hydrogens is 328 g/mol. The van der Waals surface area contributed by atoms with Gasteiger partial charge in [0, 0.05) is 12.5 Å². The average Bonchev–Trinajstić information content (AvgIpc) is 2.67. The van der Waals surface area contributed by atoms with Crippen LogP contribution < -0.4 is 10.1 Å². The van der Waals surface area contributed by atoms with Gasteiger partial charge in [0.15, 0.2) is 0 Å². The number of nitrogens with one attached hydrogen (secondary N) is 1. The number of ether oxygens (including phenoxy) is 1. The summed E-state index contributed by atoms with van der Waals surface area (Å²) in [4.78, 5) is 14.5. The Morgan fingerprint density at radius 3 is 2.58 bits per heavy atom. The molecule has 0 aromatic heterocycles. The van der Waals surface area contributed by atoms with Gasteiger partial charge >= 0.3 is 0 Å². The van der Waals surface area contributed by atoms with E-state index in [-0.39, 0.29) is 18.4 Å². The highest BCUT2D eigenvalue weighted by Crippen LogP contribution is 2.24. The van der Waals surface area contributed by atoms with Crippen LogP contribution in [0, 0.1) is 5.92 Å². The third kappa shape index (κ3) is 5.07. The summed E-state index contributed by atoms with van der Waals surface area (Å²) >= 11 is 0. The number of aliphatic hydroxyl groups excluding tert-OH is 1. The van der Waals surface area contributed by atoms with E-state index in [1.807, 2.05) is 48.5 Å². The molecule has 0 saturated carbocycles. The van der Waals surface area contributed by atoms with Gasteiger partial charge in [-0.15, -0.1) is 0 Å². The topological polar surface area (TPSA) is 61.8 Å². The Morgan fingerprint density at radius 1 is 1.15 bits per heavy atom. The number of amides is 1. The lowest BCUT2D eigenvalue weighted by Gasteiger charge is -2.28. The highest BCUT2D eigenvalue weighted by molar-refractivity contribution is 5.78. The second kappa shape index (κ2) is 8.83. The molecule has 2 N–H and O–H groups in total. The third-order valence-electron chi connectivity index (χ3n) is 4.78. The van der Waals surface area contributed by atoms with E-state index in [0.29, 0.717) is 5.75 Å². The molecule has 2 aromatic carbocycles. The lowest BCUT2D eigenvalue weighted by atomic mass is 9.96. The molecule has 0 bridgehead atoms. The molecule has 1 heterocycles. The molecule has 1 aliphatic rings. The van der Waals surface area contributed by atoms with Crippen molar-refractivity contribution in [3.63, 3.8) is 0 Å². The summed E-state index contributed by atoms with van der Waals surface area (Å²) in [6.07, 6.45) is 0.988. The van der Waals surface area contributed by atoms with Gasteiger partial charge in [-0.1, -0.05) is 30.3 Å². The predicted molar refractivity (Wildman–Crippen MR) is 101 cm³/mol. The molecule has 1 amide bonds. The van der Waals surface area contributed by atoms with Crippen LogP contribution in [0.3, 0.4) is 0 Å². The van der Waals surface area contributed by atoms with Gasteiger partial charge in [0.2, 0.25) is 5.91 Å². The number of nitrogens with zero attached hydrogens (tertiary/aromatic N) is 1. The minimum atomic E-state index is -0.760. The Labute approximate surface area is 154 Å². The van der Waals surface area contributed by atoms with E-state index < -0.39 is 6.10 Å². The van der Waals surface area contributed by atoms with Crippen LogP contribution in [0.1, 0.15) is 24.5 Å². The zero-order chi connectivity index (χ0) is 18.4. The number of carbonyl (C=O) groups is 1. The summed E-state index contributed by atoms with van der Waals surface area (Å²) < 4.78 is 5.80. The highest BCUT2D eigenvalue weighted by Gasteiger charge is 2.23. The van der Waals surface area contributed by atoms with Crippen molar-refractivity contribution in [1.82, 2.24) is 10.2 Å². The fraction of sp³-hybridized carbons (Fsp3) is 0.381. The van der Waals surface area contributed by atoms with Crippen LogP contribution in [0.15, 0.2) is 54.6 Å². The minimum Gasteiger partial charge on any atom is -0.457 e. The Balaban J connectivity index is 1.53. The van der Waals surface area contributed by atoms with E-state index >= 15 is 0 Å². The van der Waals surface area contributed by atoms with Gasteiger partial charge in [0.05, 0.1) is 6.10 Å². The molecule has 0 spiro atoms. The Kier molecular flexibility index (Phi) is 6.26. The first-order valence-corrected chi connectivity index (χ1v) is 9.09. The van der Waals surface area contributed by atoms with Crippen LogP contribution in [-0.4, -0.2) is 42.6 Å². The third-order valence-corrected chi connectivity index (χ3v) is 4.78. The molecule has 1 fully saturated rings. The molecule has 5 nitrogen and oxygen atoms in total. The molecule has 0 radical (unpaired) electrons. The van der Waals surface area contributed by atoms with Crippen molar-refractivity contribution < 1.29 is 14.6 Å². The quantitative estimate of drug-likeness (QED) is 0.837. The number of para-hydroxylation sites is 1. The number of carbonyl (C=O) groups excluding carboxylic acids is 1. The summed E-state index contributed by atoms with van der Waals surface area (Å²) in [5.74, 6) is 1.49.